The minimum atomic E-state index is -0.666. The third-order valence-electron chi connectivity index (χ3n) is 6.91. The highest BCUT2D eigenvalue weighted by Gasteiger charge is 2.45. The summed E-state index contributed by atoms with van der Waals surface area (Å²) in [6, 6.07) is 12.0. The zero-order valence-corrected chi connectivity index (χ0v) is 20.9. The molecule has 2 heterocycles. The van der Waals surface area contributed by atoms with Crippen LogP contribution >= 0.6 is 0 Å². The summed E-state index contributed by atoms with van der Waals surface area (Å²) in [5.41, 5.74) is 2.37. The summed E-state index contributed by atoms with van der Waals surface area (Å²) in [5, 5.41) is 11.4. The number of benzene rings is 2. The highest BCUT2D eigenvalue weighted by atomic mass is 16.5. The number of hydrogen-bond donors (Lipinski definition) is 1. The van der Waals surface area contributed by atoms with Gasteiger partial charge in [-0.05, 0) is 74.4 Å². The predicted octanol–water partition coefficient (Wildman–Crippen LogP) is 4.17. The number of hydrogen-bond acceptors (Lipinski definition) is 6. The first-order valence-corrected chi connectivity index (χ1v) is 12.3. The Morgan fingerprint density at radius 2 is 1.86 bits per heavy atom. The first kappa shape index (κ1) is 24.8. The van der Waals surface area contributed by atoms with E-state index in [2.05, 4.69) is 18.7 Å². The van der Waals surface area contributed by atoms with Gasteiger partial charge in [0.2, 0.25) is 0 Å². The van der Waals surface area contributed by atoms with Crippen LogP contribution in [0.4, 0.5) is 0 Å². The fourth-order valence-corrected chi connectivity index (χ4v) is 4.97. The topological polar surface area (TPSA) is 79.3 Å². The molecule has 0 bridgehead atoms. The van der Waals surface area contributed by atoms with Crippen molar-refractivity contribution in [1.82, 2.24) is 9.80 Å². The predicted molar refractivity (Wildman–Crippen MR) is 135 cm³/mol. The molecule has 2 aromatic rings. The third kappa shape index (κ3) is 4.91. The van der Waals surface area contributed by atoms with E-state index < -0.39 is 17.7 Å². The summed E-state index contributed by atoms with van der Waals surface area (Å²) < 4.78 is 11.1. The minimum absolute atomic E-state index is 0.0677. The summed E-state index contributed by atoms with van der Waals surface area (Å²) in [5.74, 6) is 0.0802. The number of nitrogens with zero attached hydrogens (tertiary/aromatic N) is 2. The van der Waals surface area contributed by atoms with Crippen LogP contribution in [0.15, 0.2) is 48.0 Å². The molecule has 0 saturated carbocycles. The van der Waals surface area contributed by atoms with Gasteiger partial charge in [0, 0.05) is 18.5 Å². The van der Waals surface area contributed by atoms with Gasteiger partial charge in [-0.15, -0.1) is 0 Å². The Morgan fingerprint density at radius 1 is 1.14 bits per heavy atom. The second-order valence-corrected chi connectivity index (χ2v) is 9.10. The fourth-order valence-electron chi connectivity index (χ4n) is 4.97. The average molecular weight is 479 g/mol. The van der Waals surface area contributed by atoms with E-state index in [1.54, 1.807) is 30.2 Å². The molecule has 35 heavy (non-hydrogen) atoms. The molecule has 1 fully saturated rings. The molecule has 0 aromatic heterocycles. The first-order chi connectivity index (χ1) is 16.9. The second-order valence-electron chi connectivity index (χ2n) is 9.10. The van der Waals surface area contributed by atoms with Crippen molar-refractivity contribution in [1.29, 1.82) is 0 Å². The van der Waals surface area contributed by atoms with E-state index in [0.717, 1.165) is 49.4 Å². The van der Waals surface area contributed by atoms with Gasteiger partial charge in [0.1, 0.15) is 23.4 Å². The van der Waals surface area contributed by atoms with Crippen molar-refractivity contribution in [2.45, 2.75) is 45.8 Å². The molecule has 2 aromatic carbocycles. The van der Waals surface area contributed by atoms with E-state index in [-0.39, 0.29) is 17.4 Å². The number of ether oxygens (including phenoxy) is 2. The normalized spacial score (nSPS) is 20.9. The maximum Gasteiger partial charge on any atom is 0.295 e. The number of carbonyl (C=O) groups is 2. The summed E-state index contributed by atoms with van der Waals surface area (Å²) in [6.45, 7) is 9.31. The molecule has 7 nitrogen and oxygen atoms in total. The average Bonchev–Trinajstić information content (AvgIpc) is 3.37. The number of aliphatic hydroxyl groups excluding tert-OH is 1. The second kappa shape index (κ2) is 10.5. The molecule has 0 spiro atoms. The Morgan fingerprint density at radius 3 is 2.51 bits per heavy atom. The molecule has 0 aliphatic carbocycles. The van der Waals surface area contributed by atoms with Crippen LogP contribution in [0.1, 0.15) is 49.9 Å². The van der Waals surface area contributed by atoms with Crippen molar-refractivity contribution in [3.8, 4) is 11.5 Å². The lowest BCUT2D eigenvalue weighted by Crippen LogP contribution is -2.33. The van der Waals surface area contributed by atoms with Crippen molar-refractivity contribution in [3.63, 3.8) is 0 Å². The Hall–Kier alpha value is -3.32. The van der Waals surface area contributed by atoms with Gasteiger partial charge in [0.25, 0.3) is 11.7 Å². The molecule has 0 radical (unpaired) electrons. The Bertz CT molecular complexity index is 1120. The lowest BCUT2D eigenvalue weighted by atomic mass is 9.94. The molecule has 4 rings (SSSR count). The number of carbonyl (C=O) groups excluding carboxylic acids is 2. The van der Waals surface area contributed by atoms with Crippen molar-refractivity contribution in [3.05, 3.63) is 64.7 Å². The SMILES string of the molecule is CCN(CC)CCCN1C(=O)C(=O)C(=C(O)c2ccc3c(c2)C[C@H](C)O3)[C@@H]1c1ccc(OC)cc1. The van der Waals surface area contributed by atoms with Crippen molar-refractivity contribution in [2.75, 3.05) is 33.3 Å². The Labute approximate surface area is 206 Å². The molecule has 0 unspecified atom stereocenters. The molecular weight excluding hydrogens is 444 g/mol. The number of ketones is 1. The molecule has 2 aliphatic rings. The minimum Gasteiger partial charge on any atom is -0.507 e. The maximum atomic E-state index is 13.3. The number of likely N-dealkylation sites (tertiary alicyclic amines) is 1. The number of fused-ring (bicyclic) bond motifs is 1. The van der Waals surface area contributed by atoms with Crippen LogP contribution in [0, 0.1) is 0 Å². The molecule has 2 aliphatic heterocycles. The van der Waals surface area contributed by atoms with Crippen LogP contribution in [-0.4, -0.2) is 66.0 Å². The van der Waals surface area contributed by atoms with Gasteiger partial charge in [0.15, 0.2) is 0 Å². The van der Waals surface area contributed by atoms with Crippen molar-refractivity contribution in [2.24, 2.45) is 0 Å². The van der Waals surface area contributed by atoms with Gasteiger partial charge in [-0.1, -0.05) is 26.0 Å². The fraction of sp³-hybridized carbons (Fsp3) is 0.429. The van der Waals surface area contributed by atoms with Gasteiger partial charge in [-0.2, -0.15) is 0 Å². The maximum absolute atomic E-state index is 13.3. The summed E-state index contributed by atoms with van der Waals surface area (Å²) >= 11 is 0. The first-order valence-electron chi connectivity index (χ1n) is 12.3. The van der Waals surface area contributed by atoms with E-state index in [1.807, 2.05) is 31.2 Å². The molecule has 186 valence electrons. The van der Waals surface area contributed by atoms with Gasteiger partial charge >= 0.3 is 0 Å². The molecule has 2 atom stereocenters. The standard InChI is InChI=1S/C28H34N2O5/c1-5-29(6-2)14-7-15-30-25(19-8-11-22(34-4)12-9-19)24(27(32)28(30)33)26(31)20-10-13-23-21(17-20)16-18(3)35-23/h8-13,17-18,25,31H,5-7,14-16H2,1-4H3/t18-,25-/m0/s1. The van der Waals surface area contributed by atoms with E-state index in [1.165, 1.54) is 0 Å². The van der Waals surface area contributed by atoms with E-state index in [0.29, 0.717) is 17.9 Å². The largest absolute Gasteiger partial charge is 0.507 e. The Kier molecular flexibility index (Phi) is 7.45. The third-order valence-corrected chi connectivity index (χ3v) is 6.91. The van der Waals surface area contributed by atoms with Crippen LogP contribution in [-0.2, 0) is 16.0 Å². The van der Waals surface area contributed by atoms with Crippen molar-refractivity contribution >= 4 is 17.4 Å². The summed E-state index contributed by atoms with van der Waals surface area (Å²) in [6.07, 6.45) is 1.53. The smallest absolute Gasteiger partial charge is 0.295 e. The van der Waals surface area contributed by atoms with Gasteiger partial charge < -0.3 is 24.4 Å². The lowest BCUT2D eigenvalue weighted by molar-refractivity contribution is -0.140. The molecule has 7 heteroatoms. The van der Waals surface area contributed by atoms with Crippen LogP contribution in [0.5, 0.6) is 11.5 Å². The lowest BCUT2D eigenvalue weighted by Gasteiger charge is -2.27. The zero-order chi connectivity index (χ0) is 25.1. The highest BCUT2D eigenvalue weighted by Crippen LogP contribution is 2.41. The van der Waals surface area contributed by atoms with Crippen molar-refractivity contribution < 1.29 is 24.2 Å². The summed E-state index contributed by atoms with van der Waals surface area (Å²) in [4.78, 5) is 30.3. The quantitative estimate of drug-likeness (QED) is 0.331. The summed E-state index contributed by atoms with van der Waals surface area (Å²) in [7, 11) is 1.59. The van der Waals surface area contributed by atoms with E-state index in [4.69, 9.17) is 9.47 Å². The van der Waals surface area contributed by atoms with Crippen LogP contribution in [0.25, 0.3) is 5.76 Å². The van der Waals surface area contributed by atoms with Gasteiger partial charge in [0.05, 0.1) is 18.7 Å². The zero-order valence-electron chi connectivity index (χ0n) is 20.9. The van der Waals surface area contributed by atoms with Crippen LogP contribution < -0.4 is 9.47 Å². The monoisotopic (exact) mass is 478 g/mol. The molecule has 1 N–H and O–H groups in total. The molecule has 1 saturated heterocycles. The number of methoxy groups -OCH3 is 1. The number of Topliss-reactive ketones (excluding diaryl/α,β-unsaturated/α-hetero) is 1. The number of rotatable bonds is 9. The molecular formula is C28H34N2O5. The van der Waals surface area contributed by atoms with E-state index in [9.17, 15) is 14.7 Å². The van der Waals surface area contributed by atoms with Crippen LogP contribution in [0.2, 0.25) is 0 Å². The Balaban J connectivity index is 1.73. The molecule has 1 amide bonds. The van der Waals surface area contributed by atoms with Crippen LogP contribution in [0.3, 0.4) is 0 Å². The van der Waals surface area contributed by atoms with Gasteiger partial charge in [-0.25, -0.2) is 0 Å². The highest BCUT2D eigenvalue weighted by molar-refractivity contribution is 6.46. The van der Waals surface area contributed by atoms with E-state index >= 15 is 0 Å². The number of amides is 1. The number of aliphatic hydroxyl groups is 1. The van der Waals surface area contributed by atoms with Gasteiger partial charge in [-0.3, -0.25) is 9.59 Å².